The van der Waals surface area contributed by atoms with Gasteiger partial charge in [0.05, 0.1) is 0 Å². The molecule has 0 bridgehead atoms. The summed E-state index contributed by atoms with van der Waals surface area (Å²) < 4.78 is 13.1. The highest BCUT2D eigenvalue weighted by Gasteiger charge is 2.18. The molecule has 18 heavy (non-hydrogen) atoms. The second-order valence-corrected chi connectivity index (χ2v) is 5.12. The third-order valence-electron chi connectivity index (χ3n) is 2.48. The van der Waals surface area contributed by atoms with Crippen molar-refractivity contribution in [2.75, 3.05) is 0 Å². The van der Waals surface area contributed by atoms with Gasteiger partial charge in [-0.25, -0.2) is 4.39 Å². The number of hydrogen-bond acceptors (Lipinski definition) is 2. The van der Waals surface area contributed by atoms with E-state index in [2.05, 4.69) is 5.32 Å². The third-order valence-corrected chi connectivity index (χ3v) is 2.70. The molecule has 0 saturated heterocycles. The van der Waals surface area contributed by atoms with Crippen LogP contribution in [0.25, 0.3) is 0 Å². The SMILES string of the molecule is CC(C)C[C@@H](NCc1cc(F)cc(Cl)c1)C(=O)O. The normalized spacial score (nSPS) is 12.7. The molecular weight excluding hydrogens is 257 g/mol. The van der Waals surface area contributed by atoms with Crippen LogP contribution >= 0.6 is 11.6 Å². The largest absolute Gasteiger partial charge is 0.480 e. The highest BCUT2D eigenvalue weighted by atomic mass is 35.5. The summed E-state index contributed by atoms with van der Waals surface area (Å²) in [7, 11) is 0. The summed E-state index contributed by atoms with van der Waals surface area (Å²) in [5, 5.41) is 12.3. The third kappa shape index (κ3) is 5.02. The van der Waals surface area contributed by atoms with E-state index in [1.54, 1.807) is 6.07 Å². The van der Waals surface area contributed by atoms with Crippen LogP contribution in [0.2, 0.25) is 5.02 Å². The number of hydrogen-bond donors (Lipinski definition) is 2. The summed E-state index contributed by atoms with van der Waals surface area (Å²) in [4.78, 5) is 11.0. The first-order valence-corrected chi connectivity index (χ1v) is 6.17. The molecule has 1 aromatic carbocycles. The molecule has 0 aliphatic carbocycles. The van der Waals surface area contributed by atoms with Crippen molar-refractivity contribution >= 4 is 17.6 Å². The van der Waals surface area contributed by atoms with Gasteiger partial charge in [-0.2, -0.15) is 0 Å². The molecule has 0 spiro atoms. The molecule has 0 unspecified atom stereocenters. The van der Waals surface area contributed by atoms with Gasteiger partial charge in [0.15, 0.2) is 0 Å². The van der Waals surface area contributed by atoms with Crippen LogP contribution in [0.5, 0.6) is 0 Å². The lowest BCUT2D eigenvalue weighted by molar-refractivity contribution is -0.140. The topological polar surface area (TPSA) is 49.3 Å². The summed E-state index contributed by atoms with van der Waals surface area (Å²) in [6.07, 6.45) is 0.526. The van der Waals surface area contributed by atoms with Crippen LogP contribution in [0, 0.1) is 11.7 Å². The minimum absolute atomic E-state index is 0.273. The second-order valence-electron chi connectivity index (χ2n) is 4.68. The highest BCUT2D eigenvalue weighted by Crippen LogP contribution is 2.14. The van der Waals surface area contributed by atoms with Crippen molar-refractivity contribution in [2.45, 2.75) is 32.9 Å². The predicted octanol–water partition coefficient (Wildman–Crippen LogP) is 3.07. The Bertz CT molecular complexity index is 403. The van der Waals surface area contributed by atoms with Crippen LogP contribution in [0.3, 0.4) is 0 Å². The maximum Gasteiger partial charge on any atom is 0.320 e. The fourth-order valence-corrected chi connectivity index (χ4v) is 1.94. The molecule has 0 amide bonds. The molecule has 0 aliphatic rings. The standard InChI is InChI=1S/C13H17ClFNO2/c1-8(2)3-12(13(17)18)16-7-9-4-10(14)6-11(15)5-9/h4-6,8,12,16H,3,7H2,1-2H3,(H,17,18)/t12-/m1/s1. The van der Waals surface area contributed by atoms with Crippen molar-refractivity contribution in [2.24, 2.45) is 5.92 Å². The zero-order valence-corrected chi connectivity index (χ0v) is 11.2. The van der Waals surface area contributed by atoms with E-state index in [0.717, 1.165) is 0 Å². The summed E-state index contributed by atoms with van der Waals surface area (Å²) in [5.41, 5.74) is 0.634. The fraction of sp³-hybridized carbons (Fsp3) is 0.462. The lowest BCUT2D eigenvalue weighted by Crippen LogP contribution is -2.37. The molecule has 0 aliphatic heterocycles. The van der Waals surface area contributed by atoms with Crippen molar-refractivity contribution in [3.05, 3.63) is 34.6 Å². The number of carboxylic acids is 1. The Morgan fingerprint density at radius 1 is 1.44 bits per heavy atom. The van der Waals surface area contributed by atoms with Gasteiger partial charge in [-0.15, -0.1) is 0 Å². The summed E-state index contributed by atoms with van der Waals surface area (Å²) >= 11 is 5.73. The van der Waals surface area contributed by atoms with E-state index in [4.69, 9.17) is 16.7 Å². The average molecular weight is 274 g/mol. The highest BCUT2D eigenvalue weighted by molar-refractivity contribution is 6.30. The molecule has 0 aromatic heterocycles. The molecule has 1 rings (SSSR count). The van der Waals surface area contributed by atoms with E-state index < -0.39 is 17.8 Å². The van der Waals surface area contributed by atoms with Crippen LogP contribution in [0.1, 0.15) is 25.8 Å². The van der Waals surface area contributed by atoms with Crippen molar-refractivity contribution in [3.8, 4) is 0 Å². The van der Waals surface area contributed by atoms with Crippen molar-refractivity contribution in [3.63, 3.8) is 0 Å². The number of nitrogens with one attached hydrogen (secondary N) is 1. The van der Waals surface area contributed by atoms with Crippen LogP contribution in [0.4, 0.5) is 4.39 Å². The number of carboxylic acid groups (broad SMARTS) is 1. The van der Waals surface area contributed by atoms with Gasteiger partial charge in [0.1, 0.15) is 11.9 Å². The van der Waals surface area contributed by atoms with Gasteiger partial charge in [0, 0.05) is 11.6 Å². The van der Waals surface area contributed by atoms with Gasteiger partial charge in [-0.1, -0.05) is 25.4 Å². The van der Waals surface area contributed by atoms with Gasteiger partial charge in [-0.05, 0) is 36.1 Å². The summed E-state index contributed by atoms with van der Waals surface area (Å²) in [6.45, 7) is 4.19. The van der Waals surface area contributed by atoms with Gasteiger partial charge < -0.3 is 10.4 Å². The molecular formula is C13H17ClFNO2. The average Bonchev–Trinajstić information content (AvgIpc) is 2.21. The fourth-order valence-electron chi connectivity index (χ4n) is 1.70. The molecule has 1 atom stereocenters. The minimum atomic E-state index is -0.897. The maximum atomic E-state index is 13.1. The minimum Gasteiger partial charge on any atom is -0.480 e. The molecule has 1 aromatic rings. The van der Waals surface area contributed by atoms with Gasteiger partial charge in [-0.3, -0.25) is 4.79 Å². The zero-order chi connectivity index (χ0) is 13.7. The molecule has 3 nitrogen and oxygen atoms in total. The van der Waals surface area contributed by atoms with Gasteiger partial charge in [0.2, 0.25) is 0 Å². The van der Waals surface area contributed by atoms with Crippen LogP contribution in [-0.4, -0.2) is 17.1 Å². The number of rotatable bonds is 6. The molecule has 100 valence electrons. The van der Waals surface area contributed by atoms with E-state index in [-0.39, 0.29) is 12.5 Å². The van der Waals surface area contributed by atoms with Gasteiger partial charge in [0.25, 0.3) is 0 Å². The van der Waals surface area contributed by atoms with Crippen molar-refractivity contribution in [1.82, 2.24) is 5.32 Å². The summed E-state index contributed by atoms with van der Waals surface area (Å²) in [5.74, 6) is -1.05. The van der Waals surface area contributed by atoms with Crippen LogP contribution in [-0.2, 0) is 11.3 Å². The first-order valence-electron chi connectivity index (χ1n) is 5.79. The molecule has 0 fully saturated rings. The Kier molecular flexibility index (Phi) is 5.56. The van der Waals surface area contributed by atoms with E-state index in [9.17, 15) is 9.18 Å². The Balaban J connectivity index is 2.63. The van der Waals surface area contributed by atoms with Crippen LogP contribution < -0.4 is 5.32 Å². The van der Waals surface area contributed by atoms with Crippen molar-refractivity contribution < 1.29 is 14.3 Å². The Labute approximate surface area is 111 Å². The first kappa shape index (κ1) is 14.9. The molecule has 5 heteroatoms. The predicted molar refractivity (Wildman–Crippen MR) is 69.1 cm³/mol. The molecule has 0 heterocycles. The number of benzene rings is 1. The smallest absolute Gasteiger partial charge is 0.320 e. The Hall–Kier alpha value is -1.13. The number of aliphatic carboxylic acids is 1. The van der Waals surface area contributed by atoms with E-state index in [1.165, 1.54) is 12.1 Å². The second kappa shape index (κ2) is 6.71. The zero-order valence-electron chi connectivity index (χ0n) is 10.4. The Morgan fingerprint density at radius 3 is 2.61 bits per heavy atom. The molecule has 2 N–H and O–H groups in total. The molecule has 0 radical (unpaired) electrons. The van der Waals surface area contributed by atoms with Gasteiger partial charge >= 0.3 is 5.97 Å². The number of halogens is 2. The van der Waals surface area contributed by atoms with E-state index in [1.807, 2.05) is 13.8 Å². The first-order chi connectivity index (χ1) is 8.38. The maximum absolute atomic E-state index is 13.1. The Morgan fingerprint density at radius 2 is 2.11 bits per heavy atom. The monoisotopic (exact) mass is 273 g/mol. The summed E-state index contributed by atoms with van der Waals surface area (Å²) in [6, 6.07) is 3.54. The lowest BCUT2D eigenvalue weighted by Gasteiger charge is -2.16. The molecule has 0 saturated carbocycles. The van der Waals surface area contributed by atoms with Crippen molar-refractivity contribution in [1.29, 1.82) is 0 Å². The number of carbonyl (C=O) groups is 1. The quantitative estimate of drug-likeness (QED) is 0.837. The van der Waals surface area contributed by atoms with Crippen LogP contribution in [0.15, 0.2) is 18.2 Å². The lowest BCUT2D eigenvalue weighted by atomic mass is 10.0. The van der Waals surface area contributed by atoms with E-state index >= 15 is 0 Å². The van der Waals surface area contributed by atoms with E-state index in [0.29, 0.717) is 17.0 Å².